The predicted octanol–water partition coefficient (Wildman–Crippen LogP) is 3.18. The second-order valence-electron chi connectivity index (χ2n) is 4.16. The van der Waals surface area contributed by atoms with Crippen LogP contribution in [-0.4, -0.2) is 33.9 Å². The molecule has 0 spiro atoms. The molecule has 4 heteroatoms. The number of hydrogen-bond acceptors (Lipinski definition) is 3. The Morgan fingerprint density at radius 2 is 2.05 bits per heavy atom. The van der Waals surface area contributed by atoms with Crippen molar-refractivity contribution in [3.05, 3.63) is 40.4 Å². The second-order valence-corrected chi connectivity index (χ2v) is 5.08. The lowest BCUT2D eigenvalue weighted by atomic mass is 10.1. The van der Waals surface area contributed by atoms with Gasteiger partial charge in [0.15, 0.2) is 0 Å². The van der Waals surface area contributed by atoms with E-state index in [-0.39, 0.29) is 0 Å². The molecule has 0 atom stereocenters. The van der Waals surface area contributed by atoms with Gasteiger partial charge < -0.3 is 14.8 Å². The van der Waals surface area contributed by atoms with Crippen molar-refractivity contribution in [2.24, 2.45) is 0 Å². The van der Waals surface area contributed by atoms with Crippen LogP contribution in [0.25, 0.3) is 0 Å². The van der Waals surface area contributed by atoms with E-state index in [1.54, 1.807) is 14.2 Å². The molecule has 0 aliphatic rings. The molecule has 0 aliphatic heterocycles. The van der Waals surface area contributed by atoms with Gasteiger partial charge in [-0.15, -0.1) is 0 Å². The summed E-state index contributed by atoms with van der Waals surface area (Å²) in [6.45, 7) is 2.65. The molecule has 1 aromatic rings. The Hall–Kier alpha value is -0.840. The summed E-state index contributed by atoms with van der Waals surface area (Å²) < 4.78 is 11.4. The van der Waals surface area contributed by atoms with Crippen LogP contribution in [0, 0.1) is 0 Å². The van der Waals surface area contributed by atoms with E-state index in [0.29, 0.717) is 0 Å². The lowest BCUT2D eigenvalue weighted by molar-refractivity contribution is 0.199. The minimum Gasteiger partial charge on any atom is -0.496 e. The van der Waals surface area contributed by atoms with Crippen molar-refractivity contribution < 1.29 is 9.47 Å². The summed E-state index contributed by atoms with van der Waals surface area (Å²) >= 11 is 3.48. The highest BCUT2D eigenvalue weighted by Gasteiger charge is 2.01. The van der Waals surface area contributed by atoms with Gasteiger partial charge in [0.25, 0.3) is 0 Å². The molecule has 0 unspecified atom stereocenters. The summed E-state index contributed by atoms with van der Waals surface area (Å²) in [6.07, 6.45) is 6.29. The van der Waals surface area contributed by atoms with Crippen LogP contribution in [0.5, 0.6) is 5.75 Å². The number of halogens is 1. The Morgan fingerprint density at radius 3 is 2.79 bits per heavy atom. The van der Waals surface area contributed by atoms with Crippen LogP contribution in [0.3, 0.4) is 0 Å². The maximum atomic E-state index is 5.34. The Bertz CT molecular complexity index is 394. The van der Waals surface area contributed by atoms with Crippen molar-refractivity contribution in [1.29, 1.82) is 0 Å². The van der Waals surface area contributed by atoms with Gasteiger partial charge in [-0.25, -0.2) is 0 Å². The zero-order chi connectivity index (χ0) is 13.9. The quantitative estimate of drug-likeness (QED) is 0.558. The molecule has 3 nitrogen and oxygen atoms in total. The van der Waals surface area contributed by atoms with Gasteiger partial charge in [0.05, 0.1) is 13.7 Å². The van der Waals surface area contributed by atoms with Gasteiger partial charge in [0.1, 0.15) is 5.75 Å². The van der Waals surface area contributed by atoms with Gasteiger partial charge in [0.2, 0.25) is 0 Å². The predicted molar refractivity (Wildman–Crippen MR) is 82.9 cm³/mol. The maximum absolute atomic E-state index is 5.34. The van der Waals surface area contributed by atoms with Crippen LogP contribution in [-0.2, 0) is 11.2 Å². The smallest absolute Gasteiger partial charge is 0.122 e. The van der Waals surface area contributed by atoms with Crippen molar-refractivity contribution in [2.45, 2.75) is 12.8 Å². The van der Waals surface area contributed by atoms with E-state index in [0.717, 1.165) is 42.8 Å². The molecule has 19 heavy (non-hydrogen) atoms. The van der Waals surface area contributed by atoms with Crippen LogP contribution < -0.4 is 10.1 Å². The monoisotopic (exact) mass is 327 g/mol. The van der Waals surface area contributed by atoms with Crippen molar-refractivity contribution in [2.75, 3.05) is 33.9 Å². The number of hydrogen-bond donors (Lipinski definition) is 1. The van der Waals surface area contributed by atoms with E-state index in [4.69, 9.17) is 9.47 Å². The standard InChI is InChI=1S/C15H22BrNO2/c1-18-11-10-17-9-5-3-4-6-13-12-14(16)7-8-15(13)19-2/h3-4,7-8,12,17H,5-6,9-11H2,1-2H3. The number of nitrogens with one attached hydrogen (secondary N) is 1. The van der Waals surface area contributed by atoms with E-state index in [9.17, 15) is 0 Å². The van der Waals surface area contributed by atoms with E-state index in [1.807, 2.05) is 12.1 Å². The summed E-state index contributed by atoms with van der Waals surface area (Å²) in [5.41, 5.74) is 1.19. The molecule has 0 heterocycles. The first-order valence-electron chi connectivity index (χ1n) is 6.45. The van der Waals surface area contributed by atoms with E-state index in [2.05, 4.69) is 39.5 Å². The Kier molecular flexibility index (Phi) is 8.54. The minimum atomic E-state index is 0.763. The Balaban J connectivity index is 2.29. The van der Waals surface area contributed by atoms with Gasteiger partial charge in [-0.2, -0.15) is 0 Å². The number of methoxy groups -OCH3 is 2. The molecule has 0 bridgehead atoms. The first-order valence-corrected chi connectivity index (χ1v) is 7.24. The highest BCUT2D eigenvalue weighted by atomic mass is 79.9. The zero-order valence-corrected chi connectivity index (χ0v) is 13.2. The first-order chi connectivity index (χ1) is 9.27. The van der Waals surface area contributed by atoms with Gasteiger partial charge in [-0.05, 0) is 43.1 Å². The third-order valence-corrected chi connectivity index (χ3v) is 3.21. The van der Waals surface area contributed by atoms with Crippen LogP contribution >= 0.6 is 15.9 Å². The molecule has 0 aromatic heterocycles. The van der Waals surface area contributed by atoms with Gasteiger partial charge in [-0.3, -0.25) is 0 Å². The topological polar surface area (TPSA) is 30.5 Å². The average molecular weight is 328 g/mol. The lowest BCUT2D eigenvalue weighted by Crippen LogP contribution is -2.19. The fraction of sp³-hybridized carbons (Fsp3) is 0.467. The lowest BCUT2D eigenvalue weighted by Gasteiger charge is -2.06. The highest BCUT2D eigenvalue weighted by Crippen LogP contribution is 2.23. The molecule has 0 radical (unpaired) electrons. The zero-order valence-electron chi connectivity index (χ0n) is 11.6. The summed E-state index contributed by atoms with van der Waals surface area (Å²) in [6, 6.07) is 6.07. The fourth-order valence-electron chi connectivity index (χ4n) is 1.72. The molecule has 0 aliphatic carbocycles. The third kappa shape index (κ3) is 6.76. The molecular weight excluding hydrogens is 306 g/mol. The number of rotatable bonds is 9. The van der Waals surface area contributed by atoms with Gasteiger partial charge in [-0.1, -0.05) is 28.1 Å². The highest BCUT2D eigenvalue weighted by molar-refractivity contribution is 9.10. The van der Waals surface area contributed by atoms with E-state index >= 15 is 0 Å². The van der Waals surface area contributed by atoms with E-state index in [1.165, 1.54) is 5.56 Å². The van der Waals surface area contributed by atoms with Crippen LogP contribution in [0.2, 0.25) is 0 Å². The number of benzene rings is 1. The fourth-order valence-corrected chi connectivity index (χ4v) is 2.13. The molecular formula is C15H22BrNO2. The molecule has 1 N–H and O–H groups in total. The first kappa shape index (κ1) is 16.2. The van der Waals surface area contributed by atoms with Crippen molar-refractivity contribution in [3.63, 3.8) is 0 Å². The van der Waals surface area contributed by atoms with Crippen LogP contribution in [0.15, 0.2) is 34.8 Å². The molecule has 0 amide bonds. The number of ether oxygens (including phenoxy) is 2. The van der Waals surface area contributed by atoms with Gasteiger partial charge in [0, 0.05) is 18.1 Å². The van der Waals surface area contributed by atoms with Crippen molar-refractivity contribution >= 4 is 15.9 Å². The molecule has 106 valence electrons. The van der Waals surface area contributed by atoms with Gasteiger partial charge >= 0.3 is 0 Å². The Morgan fingerprint density at radius 1 is 1.21 bits per heavy atom. The average Bonchev–Trinajstić information content (AvgIpc) is 2.42. The molecule has 1 aromatic carbocycles. The number of allylic oxidation sites excluding steroid dienone is 1. The SMILES string of the molecule is COCCNCCC=CCc1cc(Br)ccc1OC. The minimum absolute atomic E-state index is 0.763. The molecule has 1 rings (SSSR count). The largest absolute Gasteiger partial charge is 0.496 e. The van der Waals surface area contributed by atoms with Crippen LogP contribution in [0.4, 0.5) is 0 Å². The summed E-state index contributed by atoms with van der Waals surface area (Å²) in [5.74, 6) is 0.936. The molecule has 0 saturated carbocycles. The maximum Gasteiger partial charge on any atom is 0.122 e. The summed E-state index contributed by atoms with van der Waals surface area (Å²) in [7, 11) is 3.42. The molecule has 0 fully saturated rings. The summed E-state index contributed by atoms with van der Waals surface area (Å²) in [5, 5.41) is 3.31. The normalized spacial score (nSPS) is 11.1. The van der Waals surface area contributed by atoms with Crippen LogP contribution in [0.1, 0.15) is 12.0 Å². The summed E-state index contributed by atoms with van der Waals surface area (Å²) in [4.78, 5) is 0. The molecule has 0 saturated heterocycles. The van der Waals surface area contributed by atoms with E-state index < -0.39 is 0 Å². The van der Waals surface area contributed by atoms with Crippen molar-refractivity contribution in [3.8, 4) is 5.75 Å². The van der Waals surface area contributed by atoms with Crippen molar-refractivity contribution in [1.82, 2.24) is 5.32 Å². The third-order valence-electron chi connectivity index (χ3n) is 2.72. The second kappa shape index (κ2) is 10.0. The Labute approximate surface area is 124 Å².